The van der Waals surface area contributed by atoms with Crippen molar-refractivity contribution >= 4 is 23.0 Å². The highest BCUT2D eigenvalue weighted by Crippen LogP contribution is 2.13. The van der Waals surface area contributed by atoms with E-state index in [0.717, 1.165) is 5.56 Å². The number of Topliss-reactive ketones (excluding diaryl/α,β-unsaturated/α-hetero) is 1. The molecule has 0 bridgehead atoms. The number of hydrogen-bond acceptors (Lipinski definition) is 5. The fourth-order valence-corrected chi connectivity index (χ4v) is 3.24. The van der Waals surface area contributed by atoms with E-state index in [1.54, 1.807) is 11.6 Å². The molecule has 5 nitrogen and oxygen atoms in total. The minimum Gasteiger partial charge on any atom is -0.344 e. The number of nitrogens with zero attached hydrogens (tertiary/aromatic N) is 1. The number of aromatic nitrogens is 1. The molecule has 25 heavy (non-hydrogen) atoms. The van der Waals surface area contributed by atoms with E-state index in [0.29, 0.717) is 30.2 Å². The molecule has 0 aliphatic heterocycles. The average molecular weight is 359 g/mol. The zero-order valence-corrected chi connectivity index (χ0v) is 15.5. The van der Waals surface area contributed by atoms with Crippen molar-refractivity contribution in [2.75, 3.05) is 0 Å². The minimum atomic E-state index is -0.614. The zero-order chi connectivity index (χ0) is 18.2. The molecule has 0 fully saturated rings. The van der Waals surface area contributed by atoms with Crippen LogP contribution in [0.5, 0.6) is 0 Å². The van der Waals surface area contributed by atoms with Crippen molar-refractivity contribution in [2.24, 2.45) is 11.7 Å². The smallest absolute Gasteiger partial charge is 0.237 e. The molecule has 1 heterocycles. The van der Waals surface area contributed by atoms with E-state index in [-0.39, 0.29) is 11.7 Å². The first-order valence-corrected chi connectivity index (χ1v) is 9.39. The molecule has 0 saturated carbocycles. The van der Waals surface area contributed by atoms with Crippen molar-refractivity contribution in [1.29, 1.82) is 0 Å². The van der Waals surface area contributed by atoms with Crippen molar-refractivity contribution in [3.05, 3.63) is 52.5 Å². The number of thiazole rings is 1. The van der Waals surface area contributed by atoms with Crippen LogP contribution in [-0.4, -0.2) is 28.8 Å². The van der Waals surface area contributed by atoms with Crippen molar-refractivity contribution in [3.8, 4) is 0 Å². The number of nitrogens with one attached hydrogen (secondary N) is 1. The molecule has 1 aromatic heterocycles. The first-order valence-electron chi connectivity index (χ1n) is 8.51. The maximum absolute atomic E-state index is 12.7. The summed E-state index contributed by atoms with van der Waals surface area (Å²) in [6.07, 6.45) is 3.39. The molecule has 2 aromatic rings. The molecule has 0 unspecified atom stereocenters. The Kier molecular flexibility index (Phi) is 7.28. The summed E-state index contributed by atoms with van der Waals surface area (Å²) in [7, 11) is 0. The lowest BCUT2D eigenvalue weighted by Crippen LogP contribution is -2.49. The lowest BCUT2D eigenvalue weighted by atomic mass is 10.00. The van der Waals surface area contributed by atoms with Crippen LogP contribution in [-0.2, 0) is 11.2 Å². The third kappa shape index (κ3) is 6.07. The number of carbonyl (C=O) groups excluding carboxylic acids is 2. The van der Waals surface area contributed by atoms with Crippen molar-refractivity contribution < 1.29 is 9.59 Å². The van der Waals surface area contributed by atoms with Crippen LogP contribution in [0, 0.1) is 5.92 Å². The van der Waals surface area contributed by atoms with E-state index >= 15 is 0 Å². The second kappa shape index (κ2) is 9.44. The summed E-state index contributed by atoms with van der Waals surface area (Å²) in [6.45, 7) is 4.03. The Labute approximate surface area is 152 Å². The Balaban J connectivity index is 2.06. The number of benzene rings is 1. The SMILES string of the molecule is CC(C)C[C@H](N)C(=O)N[C@@H](CCc1ccccc1)C(=O)c1nccs1. The van der Waals surface area contributed by atoms with E-state index in [1.807, 2.05) is 44.2 Å². The van der Waals surface area contributed by atoms with E-state index in [9.17, 15) is 9.59 Å². The number of ketones is 1. The topological polar surface area (TPSA) is 85.1 Å². The predicted molar refractivity (Wildman–Crippen MR) is 101 cm³/mol. The van der Waals surface area contributed by atoms with Crippen LogP contribution in [0.25, 0.3) is 0 Å². The van der Waals surface area contributed by atoms with E-state index in [2.05, 4.69) is 10.3 Å². The molecular weight excluding hydrogens is 334 g/mol. The zero-order valence-electron chi connectivity index (χ0n) is 14.6. The first-order chi connectivity index (χ1) is 12.0. The third-order valence-corrected chi connectivity index (χ3v) is 4.69. The summed E-state index contributed by atoms with van der Waals surface area (Å²) in [5.74, 6) is -0.120. The van der Waals surface area contributed by atoms with Gasteiger partial charge in [0, 0.05) is 11.6 Å². The number of rotatable bonds is 9. The molecule has 2 atom stereocenters. The summed E-state index contributed by atoms with van der Waals surface area (Å²) in [6, 6.07) is 8.68. The second-order valence-corrected chi connectivity index (χ2v) is 7.42. The molecule has 3 N–H and O–H groups in total. The fraction of sp³-hybridized carbons (Fsp3) is 0.421. The summed E-state index contributed by atoms with van der Waals surface area (Å²) in [5.41, 5.74) is 7.08. The molecular formula is C19H25N3O2S. The van der Waals surface area contributed by atoms with Crippen molar-refractivity contribution in [3.63, 3.8) is 0 Å². The van der Waals surface area contributed by atoms with Crippen LogP contribution in [0.1, 0.15) is 42.1 Å². The maximum atomic E-state index is 12.7. The number of carbonyl (C=O) groups is 2. The Hall–Kier alpha value is -2.05. The number of amides is 1. The maximum Gasteiger partial charge on any atom is 0.237 e. The normalized spacial score (nSPS) is 13.4. The third-order valence-electron chi connectivity index (χ3n) is 3.90. The number of aryl methyl sites for hydroxylation is 1. The van der Waals surface area contributed by atoms with Gasteiger partial charge in [0.15, 0.2) is 5.01 Å². The standard InChI is InChI=1S/C19H25N3O2S/c1-13(2)12-15(20)18(24)22-16(17(23)19-21-10-11-25-19)9-8-14-6-4-3-5-7-14/h3-7,10-11,13,15-16H,8-9,12,20H2,1-2H3,(H,22,24)/t15-,16-/m0/s1. The summed E-state index contributed by atoms with van der Waals surface area (Å²) in [5, 5.41) is 5.00. The fourth-order valence-electron chi connectivity index (χ4n) is 2.61. The van der Waals surface area contributed by atoms with Gasteiger partial charge in [-0.05, 0) is 30.7 Å². The van der Waals surface area contributed by atoms with Gasteiger partial charge in [0.05, 0.1) is 12.1 Å². The molecule has 1 amide bonds. The Bertz CT molecular complexity index is 671. The van der Waals surface area contributed by atoms with Crippen molar-refractivity contribution in [1.82, 2.24) is 10.3 Å². The molecule has 134 valence electrons. The molecule has 0 spiro atoms. The van der Waals surface area contributed by atoms with Gasteiger partial charge in [0.25, 0.3) is 0 Å². The van der Waals surface area contributed by atoms with E-state index in [1.165, 1.54) is 11.3 Å². The Morgan fingerprint density at radius 1 is 1.24 bits per heavy atom. The molecule has 0 aliphatic carbocycles. The lowest BCUT2D eigenvalue weighted by molar-refractivity contribution is -0.123. The van der Waals surface area contributed by atoms with Gasteiger partial charge in [0.1, 0.15) is 0 Å². The Morgan fingerprint density at radius 2 is 1.96 bits per heavy atom. The molecule has 0 radical (unpaired) electrons. The molecule has 6 heteroatoms. The van der Waals surface area contributed by atoms with Crippen LogP contribution >= 0.6 is 11.3 Å². The number of nitrogens with two attached hydrogens (primary N) is 1. The summed E-state index contributed by atoms with van der Waals surface area (Å²) >= 11 is 1.28. The van der Waals surface area contributed by atoms with Crippen LogP contribution in [0.3, 0.4) is 0 Å². The lowest BCUT2D eigenvalue weighted by Gasteiger charge is -2.20. The van der Waals surface area contributed by atoms with Gasteiger partial charge in [-0.15, -0.1) is 11.3 Å². The second-order valence-electron chi connectivity index (χ2n) is 6.52. The monoisotopic (exact) mass is 359 g/mol. The summed E-state index contributed by atoms with van der Waals surface area (Å²) in [4.78, 5) is 29.1. The predicted octanol–water partition coefficient (Wildman–Crippen LogP) is 2.82. The molecule has 0 aliphatic rings. The van der Waals surface area contributed by atoms with Gasteiger partial charge >= 0.3 is 0 Å². The van der Waals surface area contributed by atoms with E-state index in [4.69, 9.17) is 5.73 Å². The molecule has 0 saturated heterocycles. The molecule has 1 aromatic carbocycles. The quantitative estimate of drug-likeness (QED) is 0.674. The van der Waals surface area contributed by atoms with Gasteiger partial charge in [-0.3, -0.25) is 9.59 Å². The average Bonchev–Trinajstić information content (AvgIpc) is 3.12. The highest BCUT2D eigenvalue weighted by molar-refractivity contribution is 7.11. The number of hydrogen-bond donors (Lipinski definition) is 2. The van der Waals surface area contributed by atoms with Crippen LogP contribution < -0.4 is 11.1 Å². The van der Waals surface area contributed by atoms with Gasteiger partial charge in [0.2, 0.25) is 11.7 Å². The van der Waals surface area contributed by atoms with E-state index < -0.39 is 12.1 Å². The largest absolute Gasteiger partial charge is 0.344 e. The van der Waals surface area contributed by atoms with Gasteiger partial charge in [-0.2, -0.15) is 0 Å². The van der Waals surface area contributed by atoms with Crippen LogP contribution in [0.2, 0.25) is 0 Å². The highest BCUT2D eigenvalue weighted by atomic mass is 32.1. The van der Waals surface area contributed by atoms with Crippen LogP contribution in [0.4, 0.5) is 0 Å². The highest BCUT2D eigenvalue weighted by Gasteiger charge is 2.26. The van der Waals surface area contributed by atoms with Gasteiger partial charge in [-0.1, -0.05) is 44.2 Å². The molecule has 2 rings (SSSR count). The Morgan fingerprint density at radius 3 is 2.56 bits per heavy atom. The van der Waals surface area contributed by atoms with Crippen LogP contribution in [0.15, 0.2) is 41.9 Å². The minimum absolute atomic E-state index is 0.156. The first kappa shape index (κ1) is 19.3. The summed E-state index contributed by atoms with van der Waals surface area (Å²) < 4.78 is 0. The van der Waals surface area contributed by atoms with Gasteiger partial charge < -0.3 is 11.1 Å². The van der Waals surface area contributed by atoms with Crippen molar-refractivity contribution in [2.45, 2.75) is 45.2 Å². The van der Waals surface area contributed by atoms with Gasteiger partial charge in [-0.25, -0.2) is 4.98 Å².